The molecule has 1 aromatic rings. The Kier molecular flexibility index (Phi) is 3.52. The normalized spacial score (nSPS) is 27.0. The van der Waals surface area contributed by atoms with Gasteiger partial charge >= 0.3 is 0 Å². The Morgan fingerprint density at radius 3 is 3.07 bits per heavy atom. The van der Waals surface area contributed by atoms with Gasteiger partial charge in [-0.2, -0.15) is 0 Å². The Balaban J connectivity index is 2.05. The Labute approximate surface area is 100 Å². The van der Waals surface area contributed by atoms with E-state index in [1.165, 1.54) is 10.8 Å². The van der Waals surface area contributed by atoms with Crippen LogP contribution in [-0.4, -0.2) is 23.5 Å². The topological polar surface area (TPSA) is 16.1 Å². The van der Waals surface area contributed by atoms with Gasteiger partial charge in [-0.15, -0.1) is 22.9 Å². The van der Waals surface area contributed by atoms with E-state index in [4.69, 9.17) is 11.6 Å². The quantitative estimate of drug-likeness (QED) is 0.743. The van der Waals surface area contributed by atoms with E-state index < -0.39 is 0 Å². The van der Waals surface area contributed by atoms with Gasteiger partial charge < -0.3 is 4.90 Å². The Bertz CT molecular complexity index is 326. The number of aryl methyl sites for hydroxylation is 1. The highest BCUT2D eigenvalue weighted by atomic mass is 35.5. The fraction of sp³-hybridized carbons (Fsp3) is 0.727. The maximum atomic E-state index is 6.21. The predicted octanol–water partition coefficient (Wildman–Crippen LogP) is 3.16. The molecule has 4 heteroatoms. The summed E-state index contributed by atoms with van der Waals surface area (Å²) in [4.78, 5) is 6.98. The molecule has 0 N–H and O–H groups in total. The summed E-state index contributed by atoms with van der Waals surface area (Å²) in [5.41, 5.74) is 1.20. The molecule has 15 heavy (non-hydrogen) atoms. The van der Waals surface area contributed by atoms with Crippen molar-refractivity contribution in [3.05, 3.63) is 11.1 Å². The molecule has 1 aromatic heterocycles. The molecule has 0 amide bonds. The van der Waals surface area contributed by atoms with E-state index in [0.717, 1.165) is 25.9 Å². The monoisotopic (exact) mass is 244 g/mol. The largest absolute Gasteiger partial charge is 0.348 e. The van der Waals surface area contributed by atoms with Crippen molar-refractivity contribution in [1.82, 2.24) is 4.98 Å². The lowest BCUT2D eigenvalue weighted by Crippen LogP contribution is -2.39. The maximum Gasteiger partial charge on any atom is 0.185 e. The molecule has 0 aliphatic carbocycles. The number of alkyl halides is 1. The molecule has 2 heterocycles. The van der Waals surface area contributed by atoms with Gasteiger partial charge in [0, 0.05) is 23.8 Å². The maximum absolute atomic E-state index is 6.21. The predicted molar refractivity (Wildman–Crippen MR) is 67.1 cm³/mol. The van der Waals surface area contributed by atoms with Gasteiger partial charge in [-0.3, -0.25) is 0 Å². The first-order valence-electron chi connectivity index (χ1n) is 5.54. The molecule has 1 aliphatic heterocycles. The molecule has 2 unspecified atom stereocenters. The van der Waals surface area contributed by atoms with Crippen LogP contribution in [0.25, 0.3) is 0 Å². The number of hydrogen-bond acceptors (Lipinski definition) is 3. The Morgan fingerprint density at radius 1 is 1.67 bits per heavy atom. The minimum Gasteiger partial charge on any atom is -0.348 e. The zero-order valence-electron chi connectivity index (χ0n) is 9.24. The minimum atomic E-state index is 0.340. The summed E-state index contributed by atoms with van der Waals surface area (Å²) >= 11 is 7.96. The summed E-state index contributed by atoms with van der Waals surface area (Å²) < 4.78 is 0. The average Bonchev–Trinajstić information content (AvgIpc) is 2.70. The standard InChI is InChI=1S/C11H17ClN2S/c1-3-9-7-15-11(13-9)14-5-4-10(12)8(2)6-14/h7-8,10H,3-6H2,1-2H3. The van der Waals surface area contributed by atoms with E-state index in [2.05, 4.69) is 29.1 Å². The number of nitrogens with zero attached hydrogens (tertiary/aromatic N) is 2. The van der Waals surface area contributed by atoms with Crippen LogP contribution in [-0.2, 0) is 6.42 Å². The smallest absolute Gasteiger partial charge is 0.185 e. The molecular weight excluding hydrogens is 228 g/mol. The van der Waals surface area contributed by atoms with Crippen molar-refractivity contribution in [1.29, 1.82) is 0 Å². The van der Waals surface area contributed by atoms with E-state index in [-0.39, 0.29) is 0 Å². The number of anilines is 1. The van der Waals surface area contributed by atoms with E-state index in [0.29, 0.717) is 11.3 Å². The third-order valence-electron chi connectivity index (χ3n) is 2.97. The number of thiazole rings is 1. The minimum absolute atomic E-state index is 0.340. The van der Waals surface area contributed by atoms with Crippen LogP contribution in [0.3, 0.4) is 0 Å². The first-order chi connectivity index (χ1) is 7.20. The molecule has 0 saturated carbocycles. The number of rotatable bonds is 2. The van der Waals surface area contributed by atoms with Gasteiger partial charge in [-0.1, -0.05) is 13.8 Å². The first-order valence-corrected chi connectivity index (χ1v) is 6.85. The fourth-order valence-electron chi connectivity index (χ4n) is 1.89. The van der Waals surface area contributed by atoms with E-state index in [1.807, 2.05) is 0 Å². The number of aromatic nitrogens is 1. The highest BCUT2D eigenvalue weighted by Gasteiger charge is 2.25. The number of hydrogen-bond donors (Lipinski definition) is 0. The summed E-state index contributed by atoms with van der Waals surface area (Å²) in [6.07, 6.45) is 2.10. The summed E-state index contributed by atoms with van der Waals surface area (Å²) in [5, 5.41) is 3.67. The highest BCUT2D eigenvalue weighted by molar-refractivity contribution is 7.13. The van der Waals surface area contributed by atoms with Crippen molar-refractivity contribution in [3.63, 3.8) is 0 Å². The van der Waals surface area contributed by atoms with Crippen LogP contribution >= 0.6 is 22.9 Å². The van der Waals surface area contributed by atoms with Gasteiger partial charge in [0.25, 0.3) is 0 Å². The van der Waals surface area contributed by atoms with Gasteiger partial charge in [0.15, 0.2) is 5.13 Å². The molecule has 1 fully saturated rings. The molecule has 1 aliphatic rings. The van der Waals surface area contributed by atoms with Crippen LogP contribution in [0.2, 0.25) is 0 Å². The van der Waals surface area contributed by atoms with Crippen LogP contribution in [0.1, 0.15) is 26.0 Å². The second-order valence-electron chi connectivity index (χ2n) is 4.20. The molecular formula is C11H17ClN2S. The fourth-order valence-corrected chi connectivity index (χ4v) is 3.02. The number of piperidine rings is 1. The van der Waals surface area contributed by atoms with Crippen molar-refractivity contribution < 1.29 is 0 Å². The second-order valence-corrected chi connectivity index (χ2v) is 5.60. The molecule has 0 bridgehead atoms. The van der Waals surface area contributed by atoms with Crippen molar-refractivity contribution in [3.8, 4) is 0 Å². The SMILES string of the molecule is CCc1csc(N2CCC(Cl)C(C)C2)n1. The average molecular weight is 245 g/mol. The number of halogens is 1. The lowest BCUT2D eigenvalue weighted by molar-refractivity contribution is 0.454. The molecule has 0 spiro atoms. The van der Waals surface area contributed by atoms with Gasteiger partial charge in [0.1, 0.15) is 0 Å². The molecule has 2 atom stereocenters. The zero-order chi connectivity index (χ0) is 10.8. The zero-order valence-corrected chi connectivity index (χ0v) is 10.8. The van der Waals surface area contributed by atoms with Crippen molar-refractivity contribution in [2.45, 2.75) is 32.1 Å². The van der Waals surface area contributed by atoms with Gasteiger partial charge in [-0.05, 0) is 18.8 Å². The van der Waals surface area contributed by atoms with Gasteiger partial charge in [0.05, 0.1) is 5.69 Å². The molecule has 84 valence electrons. The lowest BCUT2D eigenvalue weighted by Gasteiger charge is -2.33. The molecule has 1 saturated heterocycles. The van der Waals surface area contributed by atoms with Crippen molar-refractivity contribution in [2.24, 2.45) is 5.92 Å². The van der Waals surface area contributed by atoms with Gasteiger partial charge in [-0.25, -0.2) is 4.98 Å². The van der Waals surface area contributed by atoms with Crippen molar-refractivity contribution in [2.75, 3.05) is 18.0 Å². The van der Waals surface area contributed by atoms with Gasteiger partial charge in [0.2, 0.25) is 0 Å². The van der Waals surface area contributed by atoms with Crippen molar-refractivity contribution >= 4 is 28.1 Å². The Hall–Kier alpha value is -0.280. The summed E-state index contributed by atoms with van der Waals surface area (Å²) in [5.74, 6) is 0.564. The van der Waals surface area contributed by atoms with Crippen LogP contribution in [0.5, 0.6) is 0 Å². The van der Waals surface area contributed by atoms with E-state index in [1.54, 1.807) is 11.3 Å². The Morgan fingerprint density at radius 2 is 2.47 bits per heavy atom. The third kappa shape index (κ3) is 2.45. The summed E-state index contributed by atoms with van der Waals surface area (Å²) in [6, 6.07) is 0. The highest BCUT2D eigenvalue weighted by Crippen LogP contribution is 2.28. The van der Waals surface area contributed by atoms with E-state index in [9.17, 15) is 0 Å². The van der Waals surface area contributed by atoms with Crippen LogP contribution < -0.4 is 4.90 Å². The molecule has 0 radical (unpaired) electrons. The first kappa shape index (κ1) is 11.2. The second kappa shape index (κ2) is 4.71. The van der Waals surface area contributed by atoms with Crippen LogP contribution in [0.15, 0.2) is 5.38 Å². The molecule has 2 rings (SSSR count). The van der Waals surface area contributed by atoms with E-state index >= 15 is 0 Å². The summed E-state index contributed by atoms with van der Waals surface area (Å²) in [7, 11) is 0. The summed E-state index contributed by atoms with van der Waals surface area (Å²) in [6.45, 7) is 6.46. The third-order valence-corrected chi connectivity index (χ3v) is 4.57. The molecule has 2 nitrogen and oxygen atoms in total. The molecule has 0 aromatic carbocycles. The van der Waals surface area contributed by atoms with Crippen LogP contribution in [0, 0.1) is 5.92 Å². The van der Waals surface area contributed by atoms with Crippen LogP contribution in [0.4, 0.5) is 5.13 Å². The lowest BCUT2D eigenvalue weighted by atomic mass is 10.0.